The average Bonchev–Trinajstić information content (AvgIpc) is 2.58. The fraction of sp³-hybridized carbons (Fsp3) is 0.111. The number of hydrogen-bond donors (Lipinski definition) is 1. The minimum absolute atomic E-state index is 0.417. The van der Waals surface area contributed by atoms with Gasteiger partial charge in [-0.15, -0.1) is 0 Å². The second kappa shape index (κ2) is 6.62. The van der Waals surface area contributed by atoms with Gasteiger partial charge in [-0.3, -0.25) is 0 Å². The van der Waals surface area contributed by atoms with Crippen LogP contribution < -0.4 is 10.2 Å². The highest BCUT2D eigenvalue weighted by molar-refractivity contribution is 5.64. The van der Waals surface area contributed by atoms with Crippen molar-refractivity contribution in [1.82, 2.24) is 9.97 Å². The summed E-state index contributed by atoms with van der Waals surface area (Å²) >= 11 is 0. The molecule has 0 aliphatic heterocycles. The van der Waals surface area contributed by atoms with Gasteiger partial charge in [-0.2, -0.15) is 0 Å². The number of anilines is 4. The van der Waals surface area contributed by atoms with Crippen LogP contribution in [0, 0.1) is 18.6 Å². The molecule has 1 heterocycles. The van der Waals surface area contributed by atoms with Gasteiger partial charge < -0.3 is 10.2 Å². The molecule has 0 fully saturated rings. The third-order valence-electron chi connectivity index (χ3n) is 3.50. The summed E-state index contributed by atoms with van der Waals surface area (Å²) in [5.41, 5.74) is 1.40. The number of halogens is 2. The lowest BCUT2D eigenvalue weighted by Gasteiger charge is -2.19. The summed E-state index contributed by atoms with van der Waals surface area (Å²) in [5, 5.41) is 2.98. The van der Waals surface area contributed by atoms with Crippen LogP contribution in [0.3, 0.4) is 0 Å². The zero-order valence-corrected chi connectivity index (χ0v) is 13.3. The van der Waals surface area contributed by atoms with Gasteiger partial charge >= 0.3 is 0 Å². The van der Waals surface area contributed by atoms with Crippen LogP contribution in [0.15, 0.2) is 54.6 Å². The van der Waals surface area contributed by atoms with Gasteiger partial charge in [0.1, 0.15) is 17.5 Å². The molecule has 0 saturated heterocycles. The van der Waals surface area contributed by atoms with Crippen molar-refractivity contribution in [3.63, 3.8) is 0 Å². The fourth-order valence-corrected chi connectivity index (χ4v) is 2.29. The van der Waals surface area contributed by atoms with E-state index in [0.717, 1.165) is 17.8 Å². The maximum absolute atomic E-state index is 13.3. The summed E-state index contributed by atoms with van der Waals surface area (Å²) in [6.07, 6.45) is 0. The summed E-state index contributed by atoms with van der Waals surface area (Å²) in [6.45, 7) is 1.78. The minimum Gasteiger partial charge on any atom is -0.340 e. The predicted molar refractivity (Wildman–Crippen MR) is 90.9 cm³/mol. The fourth-order valence-electron chi connectivity index (χ4n) is 2.29. The first-order chi connectivity index (χ1) is 11.5. The molecule has 0 unspecified atom stereocenters. The first-order valence-corrected chi connectivity index (χ1v) is 7.39. The van der Waals surface area contributed by atoms with Crippen molar-refractivity contribution in [2.75, 3.05) is 17.3 Å². The van der Waals surface area contributed by atoms with E-state index >= 15 is 0 Å². The van der Waals surface area contributed by atoms with Crippen LogP contribution in [0.1, 0.15) is 5.82 Å². The SMILES string of the molecule is Cc1nc(Nc2ccc(F)c(F)c2)cc(N(C)c2ccccc2)n1. The molecule has 3 rings (SSSR count). The normalized spacial score (nSPS) is 10.5. The van der Waals surface area contributed by atoms with E-state index in [0.29, 0.717) is 23.1 Å². The highest BCUT2D eigenvalue weighted by atomic mass is 19.2. The quantitative estimate of drug-likeness (QED) is 0.762. The minimum atomic E-state index is -0.910. The van der Waals surface area contributed by atoms with Gasteiger partial charge in [-0.05, 0) is 31.2 Å². The Labute approximate surface area is 138 Å². The smallest absolute Gasteiger partial charge is 0.160 e. The van der Waals surface area contributed by atoms with Crippen molar-refractivity contribution in [1.29, 1.82) is 0 Å². The Morgan fingerprint density at radius 3 is 2.38 bits per heavy atom. The molecule has 0 radical (unpaired) electrons. The molecular formula is C18H16F2N4. The molecule has 0 saturated carbocycles. The first-order valence-electron chi connectivity index (χ1n) is 7.39. The number of aromatic nitrogens is 2. The van der Waals surface area contributed by atoms with E-state index in [1.807, 2.05) is 42.3 Å². The van der Waals surface area contributed by atoms with Gasteiger partial charge in [-0.1, -0.05) is 18.2 Å². The molecular weight excluding hydrogens is 310 g/mol. The standard InChI is InChI=1S/C18H16F2N4/c1-12-21-17(23-13-8-9-15(19)16(20)10-13)11-18(22-12)24(2)14-6-4-3-5-7-14/h3-11H,1-2H3,(H,21,22,23). The highest BCUT2D eigenvalue weighted by Gasteiger charge is 2.09. The van der Waals surface area contributed by atoms with E-state index in [9.17, 15) is 8.78 Å². The zero-order valence-electron chi connectivity index (χ0n) is 13.3. The van der Waals surface area contributed by atoms with Crippen molar-refractivity contribution in [3.05, 3.63) is 72.1 Å². The van der Waals surface area contributed by atoms with Crippen LogP contribution in [0.2, 0.25) is 0 Å². The number of aryl methyl sites for hydroxylation is 1. The average molecular weight is 326 g/mol. The molecule has 2 aromatic carbocycles. The van der Waals surface area contributed by atoms with Crippen LogP contribution in [0.25, 0.3) is 0 Å². The largest absolute Gasteiger partial charge is 0.340 e. The van der Waals surface area contributed by atoms with E-state index in [1.165, 1.54) is 6.07 Å². The molecule has 0 atom stereocenters. The Bertz CT molecular complexity index is 853. The molecule has 4 nitrogen and oxygen atoms in total. The molecule has 24 heavy (non-hydrogen) atoms. The van der Waals surface area contributed by atoms with E-state index in [1.54, 1.807) is 13.0 Å². The van der Waals surface area contributed by atoms with Crippen molar-refractivity contribution in [2.24, 2.45) is 0 Å². The van der Waals surface area contributed by atoms with Gasteiger partial charge in [0.2, 0.25) is 0 Å². The molecule has 122 valence electrons. The van der Waals surface area contributed by atoms with E-state index < -0.39 is 11.6 Å². The maximum Gasteiger partial charge on any atom is 0.160 e. The Hall–Kier alpha value is -3.02. The van der Waals surface area contributed by atoms with Crippen LogP contribution >= 0.6 is 0 Å². The summed E-state index contributed by atoms with van der Waals surface area (Å²) in [5.74, 6) is -0.0261. The zero-order chi connectivity index (χ0) is 17.1. The number of para-hydroxylation sites is 1. The summed E-state index contributed by atoms with van der Waals surface area (Å²) in [4.78, 5) is 10.6. The van der Waals surface area contributed by atoms with Crippen molar-refractivity contribution < 1.29 is 8.78 Å². The molecule has 0 aliphatic carbocycles. The van der Waals surface area contributed by atoms with Gasteiger partial charge in [0.25, 0.3) is 0 Å². The predicted octanol–water partition coefficient (Wildman–Crippen LogP) is 4.57. The van der Waals surface area contributed by atoms with Crippen LogP contribution in [-0.4, -0.2) is 17.0 Å². The van der Waals surface area contributed by atoms with Crippen molar-refractivity contribution in [3.8, 4) is 0 Å². The number of benzene rings is 2. The van der Waals surface area contributed by atoms with Crippen LogP contribution in [0.5, 0.6) is 0 Å². The van der Waals surface area contributed by atoms with Gasteiger partial charge in [-0.25, -0.2) is 18.7 Å². The lowest BCUT2D eigenvalue weighted by molar-refractivity contribution is 0.509. The van der Waals surface area contributed by atoms with E-state index in [4.69, 9.17) is 0 Å². The number of nitrogens with one attached hydrogen (secondary N) is 1. The van der Waals surface area contributed by atoms with E-state index in [2.05, 4.69) is 15.3 Å². The lowest BCUT2D eigenvalue weighted by Crippen LogP contribution is -2.12. The summed E-state index contributed by atoms with van der Waals surface area (Å²) in [7, 11) is 1.90. The Kier molecular flexibility index (Phi) is 4.37. The van der Waals surface area contributed by atoms with Gasteiger partial charge in [0.05, 0.1) is 0 Å². The second-order valence-electron chi connectivity index (χ2n) is 5.31. The van der Waals surface area contributed by atoms with Crippen LogP contribution in [0.4, 0.5) is 31.8 Å². The molecule has 6 heteroatoms. The number of nitrogens with zero attached hydrogens (tertiary/aromatic N) is 3. The van der Waals surface area contributed by atoms with Crippen molar-refractivity contribution >= 4 is 23.0 Å². The van der Waals surface area contributed by atoms with Crippen molar-refractivity contribution in [2.45, 2.75) is 6.92 Å². The molecule has 1 N–H and O–H groups in total. The monoisotopic (exact) mass is 326 g/mol. The van der Waals surface area contributed by atoms with Gasteiger partial charge in [0.15, 0.2) is 11.6 Å². The lowest BCUT2D eigenvalue weighted by atomic mass is 10.3. The Balaban J connectivity index is 1.90. The molecule has 1 aromatic heterocycles. The van der Waals surface area contributed by atoms with Crippen LogP contribution in [-0.2, 0) is 0 Å². The summed E-state index contributed by atoms with van der Waals surface area (Å²) < 4.78 is 26.4. The van der Waals surface area contributed by atoms with E-state index in [-0.39, 0.29) is 0 Å². The topological polar surface area (TPSA) is 41.1 Å². The maximum atomic E-state index is 13.3. The Morgan fingerprint density at radius 2 is 1.67 bits per heavy atom. The highest BCUT2D eigenvalue weighted by Crippen LogP contribution is 2.25. The Morgan fingerprint density at radius 1 is 0.917 bits per heavy atom. The molecule has 0 bridgehead atoms. The first kappa shape index (κ1) is 15.9. The molecule has 0 spiro atoms. The third-order valence-corrected chi connectivity index (χ3v) is 3.50. The summed E-state index contributed by atoms with van der Waals surface area (Å²) in [6, 6.07) is 15.1. The van der Waals surface area contributed by atoms with Gasteiger partial charge in [0, 0.05) is 30.6 Å². The second-order valence-corrected chi connectivity index (χ2v) is 5.31. The third kappa shape index (κ3) is 3.48. The molecule has 3 aromatic rings. The number of hydrogen-bond acceptors (Lipinski definition) is 4. The molecule has 0 aliphatic rings. The number of rotatable bonds is 4. The molecule has 0 amide bonds.